The van der Waals surface area contributed by atoms with Crippen molar-refractivity contribution < 1.29 is 4.79 Å². The summed E-state index contributed by atoms with van der Waals surface area (Å²) in [6.45, 7) is 8.85. The van der Waals surface area contributed by atoms with E-state index in [4.69, 9.17) is 0 Å². The zero-order valence-corrected chi connectivity index (χ0v) is 16.7. The number of nitrogens with one attached hydrogen (secondary N) is 1. The van der Waals surface area contributed by atoms with Gasteiger partial charge in [0.25, 0.3) is 5.91 Å². The highest BCUT2D eigenvalue weighted by Gasteiger charge is 2.19. The lowest BCUT2D eigenvalue weighted by molar-refractivity contribution is 0.0934. The molecule has 0 aliphatic carbocycles. The van der Waals surface area contributed by atoms with Crippen LogP contribution in [0.2, 0.25) is 0 Å². The van der Waals surface area contributed by atoms with Crippen LogP contribution in [0.3, 0.4) is 0 Å². The number of nitrogens with zero attached hydrogens (tertiary/aromatic N) is 1. The smallest absolute Gasteiger partial charge is 0.252 e. The first kappa shape index (κ1) is 18.9. The SMILES string of the molecule is CCN(CC)C(CNC(=O)c1cccc(C)c1I)c1ccccc1. The first-order valence-corrected chi connectivity index (χ1v) is 9.48. The van der Waals surface area contributed by atoms with Crippen LogP contribution in [0.1, 0.15) is 41.4 Å². The third kappa shape index (κ3) is 4.57. The van der Waals surface area contributed by atoms with Gasteiger partial charge in [0.2, 0.25) is 0 Å². The number of hydrogen-bond donors (Lipinski definition) is 1. The summed E-state index contributed by atoms with van der Waals surface area (Å²) in [6, 6.07) is 16.4. The molecule has 2 rings (SSSR count). The Kier molecular flexibility index (Phi) is 7.24. The van der Waals surface area contributed by atoms with Crippen molar-refractivity contribution in [3.8, 4) is 0 Å². The summed E-state index contributed by atoms with van der Waals surface area (Å²) in [7, 11) is 0. The van der Waals surface area contributed by atoms with E-state index in [-0.39, 0.29) is 11.9 Å². The molecule has 0 saturated carbocycles. The lowest BCUT2D eigenvalue weighted by Gasteiger charge is -2.30. The molecule has 4 heteroatoms. The van der Waals surface area contributed by atoms with Gasteiger partial charge in [-0.1, -0.05) is 56.3 Å². The number of halogens is 1. The van der Waals surface area contributed by atoms with Crippen LogP contribution < -0.4 is 5.32 Å². The normalized spacial score (nSPS) is 12.2. The zero-order valence-electron chi connectivity index (χ0n) is 14.6. The molecule has 0 spiro atoms. The summed E-state index contributed by atoms with van der Waals surface area (Å²) in [5.41, 5.74) is 3.12. The van der Waals surface area contributed by atoms with Gasteiger partial charge in [-0.3, -0.25) is 9.69 Å². The topological polar surface area (TPSA) is 32.3 Å². The van der Waals surface area contributed by atoms with Crippen molar-refractivity contribution >= 4 is 28.5 Å². The highest BCUT2D eigenvalue weighted by molar-refractivity contribution is 14.1. The minimum Gasteiger partial charge on any atom is -0.350 e. The summed E-state index contributed by atoms with van der Waals surface area (Å²) in [6.07, 6.45) is 0. The minimum absolute atomic E-state index is 0.00353. The molecule has 0 heterocycles. The van der Waals surface area contributed by atoms with Gasteiger partial charge in [-0.15, -0.1) is 0 Å². The summed E-state index contributed by atoms with van der Waals surface area (Å²) in [4.78, 5) is 15.0. The van der Waals surface area contributed by atoms with Gasteiger partial charge in [-0.05, 0) is 59.8 Å². The zero-order chi connectivity index (χ0) is 17.5. The van der Waals surface area contributed by atoms with Gasteiger partial charge in [0, 0.05) is 10.1 Å². The Morgan fingerprint density at radius 3 is 2.38 bits per heavy atom. The Morgan fingerprint density at radius 2 is 1.75 bits per heavy atom. The summed E-state index contributed by atoms with van der Waals surface area (Å²) in [5.74, 6) is -0.00353. The monoisotopic (exact) mass is 436 g/mol. The maximum Gasteiger partial charge on any atom is 0.252 e. The fourth-order valence-corrected chi connectivity index (χ4v) is 3.51. The number of amides is 1. The maximum absolute atomic E-state index is 12.6. The lowest BCUT2D eigenvalue weighted by atomic mass is 10.0. The van der Waals surface area contributed by atoms with Crippen LogP contribution in [0, 0.1) is 10.5 Å². The van der Waals surface area contributed by atoms with Crippen LogP contribution in [0.4, 0.5) is 0 Å². The average Bonchev–Trinajstić information content (AvgIpc) is 2.61. The number of carbonyl (C=O) groups is 1. The van der Waals surface area contributed by atoms with E-state index in [2.05, 4.69) is 70.9 Å². The van der Waals surface area contributed by atoms with Gasteiger partial charge in [0.15, 0.2) is 0 Å². The molecular weight excluding hydrogens is 411 g/mol. The molecule has 0 aliphatic rings. The van der Waals surface area contributed by atoms with E-state index in [1.54, 1.807) is 0 Å². The molecule has 0 saturated heterocycles. The Hall–Kier alpha value is -1.40. The quantitative estimate of drug-likeness (QED) is 0.653. The van der Waals surface area contributed by atoms with E-state index in [0.717, 1.165) is 27.8 Å². The molecule has 0 bridgehead atoms. The van der Waals surface area contributed by atoms with E-state index >= 15 is 0 Å². The van der Waals surface area contributed by atoms with Crippen LogP contribution in [-0.2, 0) is 0 Å². The molecule has 1 unspecified atom stereocenters. The Bertz CT molecular complexity index is 669. The van der Waals surface area contributed by atoms with Crippen molar-refractivity contribution in [2.45, 2.75) is 26.8 Å². The second-order valence-electron chi connectivity index (χ2n) is 5.79. The van der Waals surface area contributed by atoms with Crippen molar-refractivity contribution in [3.63, 3.8) is 0 Å². The summed E-state index contributed by atoms with van der Waals surface area (Å²) >= 11 is 2.25. The van der Waals surface area contributed by atoms with Gasteiger partial charge < -0.3 is 5.32 Å². The largest absolute Gasteiger partial charge is 0.350 e. The number of benzene rings is 2. The van der Waals surface area contributed by atoms with Crippen molar-refractivity contribution in [2.75, 3.05) is 19.6 Å². The maximum atomic E-state index is 12.6. The number of carbonyl (C=O) groups excluding carboxylic acids is 1. The van der Waals surface area contributed by atoms with Gasteiger partial charge in [-0.2, -0.15) is 0 Å². The molecule has 128 valence electrons. The molecule has 1 atom stereocenters. The Labute approximate surface area is 158 Å². The van der Waals surface area contributed by atoms with Crippen molar-refractivity contribution in [3.05, 3.63) is 68.8 Å². The molecular formula is C20H25IN2O. The van der Waals surface area contributed by atoms with Crippen molar-refractivity contribution in [1.29, 1.82) is 0 Å². The van der Waals surface area contributed by atoms with E-state index < -0.39 is 0 Å². The number of hydrogen-bond acceptors (Lipinski definition) is 2. The predicted molar refractivity (Wildman–Crippen MR) is 108 cm³/mol. The minimum atomic E-state index is -0.00353. The molecule has 2 aromatic rings. The fourth-order valence-electron chi connectivity index (χ4n) is 2.90. The summed E-state index contributed by atoms with van der Waals surface area (Å²) in [5, 5.41) is 3.13. The molecule has 2 aromatic carbocycles. The van der Waals surface area contributed by atoms with E-state index in [1.807, 2.05) is 31.2 Å². The number of aryl methyl sites for hydroxylation is 1. The molecule has 0 radical (unpaired) electrons. The molecule has 1 N–H and O–H groups in total. The van der Waals surface area contributed by atoms with Crippen LogP contribution in [0.5, 0.6) is 0 Å². The predicted octanol–water partition coefficient (Wildman–Crippen LogP) is 4.41. The average molecular weight is 436 g/mol. The standard InChI is InChI=1S/C20H25IN2O/c1-4-23(5-2)18(16-11-7-6-8-12-16)14-22-20(24)17-13-9-10-15(3)19(17)21/h6-13,18H,4-5,14H2,1-3H3,(H,22,24). The van der Waals surface area contributed by atoms with Crippen LogP contribution in [0.15, 0.2) is 48.5 Å². The fraction of sp³-hybridized carbons (Fsp3) is 0.350. The van der Waals surface area contributed by atoms with Gasteiger partial charge in [-0.25, -0.2) is 0 Å². The molecule has 3 nitrogen and oxygen atoms in total. The van der Waals surface area contributed by atoms with E-state index in [9.17, 15) is 4.79 Å². The highest BCUT2D eigenvalue weighted by Crippen LogP contribution is 2.20. The second-order valence-corrected chi connectivity index (χ2v) is 6.87. The first-order chi connectivity index (χ1) is 11.6. The van der Waals surface area contributed by atoms with Crippen LogP contribution >= 0.6 is 22.6 Å². The Balaban J connectivity index is 2.15. The lowest BCUT2D eigenvalue weighted by Crippen LogP contribution is -2.38. The third-order valence-corrected chi connectivity index (χ3v) is 5.76. The second kappa shape index (κ2) is 9.18. The van der Waals surface area contributed by atoms with Gasteiger partial charge in [0.1, 0.15) is 0 Å². The molecule has 24 heavy (non-hydrogen) atoms. The molecule has 1 amide bonds. The first-order valence-electron chi connectivity index (χ1n) is 8.40. The van der Waals surface area contributed by atoms with Crippen molar-refractivity contribution in [2.24, 2.45) is 0 Å². The summed E-state index contributed by atoms with van der Waals surface area (Å²) < 4.78 is 1.02. The van der Waals surface area contributed by atoms with Crippen LogP contribution in [-0.4, -0.2) is 30.4 Å². The molecule has 0 aliphatic heterocycles. The molecule has 0 aromatic heterocycles. The third-order valence-electron chi connectivity index (χ3n) is 4.33. The van der Waals surface area contributed by atoms with E-state index in [0.29, 0.717) is 6.54 Å². The highest BCUT2D eigenvalue weighted by atomic mass is 127. The molecule has 0 fully saturated rings. The van der Waals surface area contributed by atoms with Crippen LogP contribution in [0.25, 0.3) is 0 Å². The van der Waals surface area contributed by atoms with Crippen molar-refractivity contribution in [1.82, 2.24) is 10.2 Å². The number of rotatable bonds is 7. The van der Waals surface area contributed by atoms with E-state index in [1.165, 1.54) is 5.56 Å². The van der Waals surface area contributed by atoms with Gasteiger partial charge >= 0.3 is 0 Å². The van der Waals surface area contributed by atoms with Gasteiger partial charge in [0.05, 0.1) is 11.6 Å². The number of likely N-dealkylation sites (N-methyl/N-ethyl adjacent to an activating group) is 1. The Morgan fingerprint density at radius 1 is 1.08 bits per heavy atom.